The maximum Gasteiger partial charge on any atom is 0.328 e. The molecule has 0 aliphatic carbocycles. The van der Waals surface area contributed by atoms with Crippen LogP contribution in [0.15, 0.2) is 48.9 Å². The molecule has 32 heavy (non-hydrogen) atoms. The van der Waals surface area contributed by atoms with Crippen LogP contribution in [-0.4, -0.2) is 34.5 Å². The van der Waals surface area contributed by atoms with Gasteiger partial charge in [0.25, 0.3) is 11.1 Å². The quantitative estimate of drug-likeness (QED) is 0.538. The van der Waals surface area contributed by atoms with E-state index in [9.17, 15) is 9.59 Å². The van der Waals surface area contributed by atoms with Gasteiger partial charge in [0.15, 0.2) is 0 Å². The highest BCUT2D eigenvalue weighted by Crippen LogP contribution is 2.37. The summed E-state index contributed by atoms with van der Waals surface area (Å²) in [6, 6.07) is 8.81. The summed E-state index contributed by atoms with van der Waals surface area (Å²) < 4.78 is 16.9. The Balaban J connectivity index is 1.38. The molecule has 2 aromatic heterocycles. The van der Waals surface area contributed by atoms with E-state index in [0.717, 1.165) is 41.1 Å². The first-order chi connectivity index (χ1) is 15.5. The lowest BCUT2D eigenvalue weighted by Crippen LogP contribution is -2.39. The minimum Gasteiger partial charge on any atom is -0.485 e. The first kappa shape index (κ1) is 21.8. The number of fused-ring (bicyclic) bond motifs is 1. The smallest absolute Gasteiger partial charge is 0.328 e. The van der Waals surface area contributed by atoms with E-state index in [1.54, 1.807) is 20.0 Å². The third-order valence-electron chi connectivity index (χ3n) is 4.93. The number of thiazole rings is 1. The fourth-order valence-electron chi connectivity index (χ4n) is 3.33. The second-order valence-electron chi connectivity index (χ2n) is 7.24. The van der Waals surface area contributed by atoms with E-state index < -0.39 is 17.9 Å². The number of ether oxygens (including phenoxy) is 3. The van der Waals surface area contributed by atoms with Gasteiger partial charge in [-0.3, -0.25) is 9.78 Å². The molecule has 3 heterocycles. The summed E-state index contributed by atoms with van der Waals surface area (Å²) in [6.45, 7) is 3.54. The number of esters is 1. The van der Waals surface area contributed by atoms with Crippen LogP contribution in [0.3, 0.4) is 0 Å². The normalized spacial score (nSPS) is 15.8. The number of hydrogen-bond acceptors (Lipinski definition) is 8. The maximum absolute atomic E-state index is 12.3. The molecule has 9 heteroatoms. The Bertz CT molecular complexity index is 1100. The van der Waals surface area contributed by atoms with E-state index >= 15 is 0 Å². The van der Waals surface area contributed by atoms with Gasteiger partial charge in [0, 0.05) is 18.0 Å². The van der Waals surface area contributed by atoms with E-state index in [1.165, 1.54) is 6.20 Å². The van der Waals surface area contributed by atoms with Crippen molar-refractivity contribution in [3.63, 3.8) is 0 Å². The SMILES string of the molecule is CCOC(=O)C(C)NC(=O)c1cnc(Oc2ccc3c(c2)CC[C@@H](c2cccnc2)O3)s1. The average molecular weight is 454 g/mol. The highest BCUT2D eigenvalue weighted by atomic mass is 32.1. The number of amides is 1. The summed E-state index contributed by atoms with van der Waals surface area (Å²) >= 11 is 1.10. The van der Waals surface area contributed by atoms with Gasteiger partial charge >= 0.3 is 5.97 Å². The Morgan fingerprint density at radius 2 is 2.19 bits per heavy atom. The summed E-state index contributed by atoms with van der Waals surface area (Å²) in [7, 11) is 0. The Morgan fingerprint density at radius 1 is 1.31 bits per heavy atom. The largest absolute Gasteiger partial charge is 0.485 e. The molecule has 0 radical (unpaired) electrons. The highest BCUT2D eigenvalue weighted by Gasteiger charge is 2.23. The summed E-state index contributed by atoms with van der Waals surface area (Å²) in [5.41, 5.74) is 2.12. The lowest BCUT2D eigenvalue weighted by Gasteiger charge is -2.26. The Labute approximate surface area is 189 Å². The van der Waals surface area contributed by atoms with Crippen molar-refractivity contribution in [2.24, 2.45) is 0 Å². The highest BCUT2D eigenvalue weighted by molar-refractivity contribution is 7.15. The molecule has 0 saturated carbocycles. The number of aromatic nitrogens is 2. The zero-order valence-corrected chi connectivity index (χ0v) is 18.6. The fraction of sp³-hybridized carbons (Fsp3) is 0.304. The zero-order chi connectivity index (χ0) is 22.5. The van der Waals surface area contributed by atoms with Crippen molar-refractivity contribution in [1.82, 2.24) is 15.3 Å². The molecule has 0 spiro atoms. The zero-order valence-electron chi connectivity index (χ0n) is 17.7. The van der Waals surface area contributed by atoms with Crippen LogP contribution in [0.5, 0.6) is 16.7 Å². The molecule has 1 N–H and O–H groups in total. The van der Waals surface area contributed by atoms with Crippen LogP contribution in [0.4, 0.5) is 0 Å². The van der Waals surface area contributed by atoms with Gasteiger partial charge in [0.2, 0.25) is 0 Å². The molecule has 1 aliphatic rings. The summed E-state index contributed by atoms with van der Waals surface area (Å²) in [5.74, 6) is 0.556. The molecule has 1 unspecified atom stereocenters. The number of carbonyl (C=O) groups excluding carboxylic acids is 2. The minimum absolute atomic E-state index is 0.0139. The Hall–Kier alpha value is -3.46. The number of benzene rings is 1. The molecule has 8 nitrogen and oxygen atoms in total. The van der Waals surface area contributed by atoms with Crippen molar-refractivity contribution in [3.8, 4) is 16.7 Å². The third-order valence-corrected chi connectivity index (χ3v) is 5.81. The standard InChI is InChI=1S/C23H23N3O5S/c1-3-29-22(28)14(2)26-21(27)20-13-25-23(32-20)30-17-7-9-18-15(11-17)6-8-19(31-18)16-5-4-10-24-12-16/h4-5,7,9-14,19H,3,6,8H2,1-2H3,(H,26,27)/t14?,19-/m0/s1. The number of pyridine rings is 1. The van der Waals surface area contributed by atoms with Crippen LogP contribution >= 0.6 is 11.3 Å². The number of nitrogens with zero attached hydrogens (tertiary/aromatic N) is 2. The van der Waals surface area contributed by atoms with Gasteiger partial charge in [-0.15, -0.1) is 0 Å². The summed E-state index contributed by atoms with van der Waals surface area (Å²) in [6.07, 6.45) is 6.69. The van der Waals surface area contributed by atoms with E-state index in [4.69, 9.17) is 14.2 Å². The van der Waals surface area contributed by atoms with Gasteiger partial charge in [0.05, 0.1) is 12.8 Å². The van der Waals surface area contributed by atoms with Crippen molar-refractivity contribution in [3.05, 3.63) is 64.9 Å². The third kappa shape index (κ3) is 5.05. The molecule has 4 rings (SSSR count). The number of hydrogen-bond donors (Lipinski definition) is 1. The monoisotopic (exact) mass is 453 g/mol. The van der Waals surface area contributed by atoms with E-state index in [2.05, 4.69) is 15.3 Å². The van der Waals surface area contributed by atoms with Crippen LogP contribution in [-0.2, 0) is 16.0 Å². The van der Waals surface area contributed by atoms with Gasteiger partial charge in [-0.25, -0.2) is 9.78 Å². The van der Waals surface area contributed by atoms with Gasteiger partial charge < -0.3 is 19.5 Å². The van der Waals surface area contributed by atoms with Crippen molar-refractivity contribution in [2.75, 3.05) is 6.61 Å². The molecular weight excluding hydrogens is 430 g/mol. The lowest BCUT2D eigenvalue weighted by atomic mass is 9.98. The number of aryl methyl sites for hydroxylation is 1. The van der Waals surface area contributed by atoms with Crippen molar-refractivity contribution in [1.29, 1.82) is 0 Å². The molecule has 3 aromatic rings. The van der Waals surface area contributed by atoms with Crippen molar-refractivity contribution >= 4 is 23.2 Å². The number of rotatable bonds is 7. The van der Waals surface area contributed by atoms with Gasteiger partial charge in [-0.1, -0.05) is 17.4 Å². The minimum atomic E-state index is -0.745. The van der Waals surface area contributed by atoms with Crippen LogP contribution in [0.25, 0.3) is 0 Å². The first-order valence-corrected chi connectivity index (χ1v) is 11.2. The molecule has 2 atom stereocenters. The lowest BCUT2D eigenvalue weighted by molar-refractivity contribution is -0.144. The number of carbonyl (C=O) groups is 2. The molecule has 1 aromatic carbocycles. The van der Waals surface area contributed by atoms with Crippen molar-refractivity contribution in [2.45, 2.75) is 38.8 Å². The van der Waals surface area contributed by atoms with Crippen LogP contribution in [0.2, 0.25) is 0 Å². The van der Waals surface area contributed by atoms with Crippen molar-refractivity contribution < 1.29 is 23.8 Å². The molecule has 166 valence electrons. The predicted molar refractivity (Wildman–Crippen MR) is 118 cm³/mol. The van der Waals surface area contributed by atoms with E-state index in [1.807, 2.05) is 36.5 Å². The number of nitrogens with one attached hydrogen (secondary N) is 1. The van der Waals surface area contributed by atoms with Gasteiger partial charge in [0.1, 0.15) is 28.5 Å². The average Bonchev–Trinajstić information content (AvgIpc) is 3.28. The molecule has 1 amide bonds. The summed E-state index contributed by atoms with van der Waals surface area (Å²) in [5, 5.41) is 2.93. The fourth-order valence-corrected chi connectivity index (χ4v) is 4.02. The topological polar surface area (TPSA) is 99.6 Å². The molecule has 0 fully saturated rings. The molecule has 0 bridgehead atoms. The first-order valence-electron chi connectivity index (χ1n) is 10.3. The van der Waals surface area contributed by atoms with E-state index in [0.29, 0.717) is 15.8 Å². The maximum atomic E-state index is 12.3. The van der Waals surface area contributed by atoms with Gasteiger partial charge in [-0.05, 0) is 56.5 Å². The Kier molecular flexibility index (Phi) is 6.65. The molecular formula is C23H23N3O5S. The second kappa shape index (κ2) is 9.78. The van der Waals surface area contributed by atoms with E-state index in [-0.39, 0.29) is 12.7 Å². The second-order valence-corrected chi connectivity index (χ2v) is 8.23. The predicted octanol–water partition coefficient (Wildman–Crippen LogP) is 4.08. The molecule has 1 aliphatic heterocycles. The van der Waals surface area contributed by atoms with Crippen LogP contribution < -0.4 is 14.8 Å². The van der Waals surface area contributed by atoms with Crippen LogP contribution in [0.1, 0.15) is 47.2 Å². The van der Waals surface area contributed by atoms with Crippen LogP contribution in [0, 0.1) is 0 Å². The van der Waals surface area contributed by atoms with Gasteiger partial charge in [-0.2, -0.15) is 0 Å². The Morgan fingerprint density at radius 3 is 2.97 bits per heavy atom. The summed E-state index contributed by atoms with van der Waals surface area (Å²) in [4.78, 5) is 32.7. The molecule has 0 saturated heterocycles.